The number of likely N-dealkylation sites (tertiary alicyclic amines) is 1. The van der Waals surface area contributed by atoms with Crippen LogP contribution in [-0.4, -0.2) is 46.3 Å². The summed E-state index contributed by atoms with van der Waals surface area (Å²) in [6.45, 7) is 5.61. The fraction of sp³-hybridized carbons (Fsp3) is 0.333. The average Bonchev–Trinajstić information content (AvgIpc) is 3.35. The summed E-state index contributed by atoms with van der Waals surface area (Å²) in [5, 5.41) is 0.525. The molecule has 1 atom stereocenters. The van der Waals surface area contributed by atoms with Gasteiger partial charge in [-0.15, -0.1) is 0 Å². The number of amides is 2. The summed E-state index contributed by atoms with van der Waals surface area (Å²) in [6, 6.07) is 5.60. The van der Waals surface area contributed by atoms with Gasteiger partial charge in [-0.3, -0.25) is 9.59 Å². The highest BCUT2D eigenvalue weighted by Gasteiger charge is 2.29. The molecule has 1 saturated heterocycles. The molecule has 2 amide bonds. The van der Waals surface area contributed by atoms with E-state index in [1.54, 1.807) is 17.3 Å². The first-order valence-corrected chi connectivity index (χ1v) is 9.75. The van der Waals surface area contributed by atoms with Crippen LogP contribution in [0.15, 0.2) is 43.2 Å². The molecular formula is C21H21ClN4O2. The first-order valence-electron chi connectivity index (χ1n) is 9.37. The van der Waals surface area contributed by atoms with Crippen molar-refractivity contribution in [2.45, 2.75) is 19.3 Å². The third-order valence-electron chi connectivity index (χ3n) is 5.38. The number of aromatic nitrogens is 2. The van der Waals surface area contributed by atoms with Crippen LogP contribution < -0.4 is 4.90 Å². The van der Waals surface area contributed by atoms with Gasteiger partial charge in [0.25, 0.3) is 5.91 Å². The van der Waals surface area contributed by atoms with E-state index in [0.29, 0.717) is 29.6 Å². The van der Waals surface area contributed by atoms with E-state index in [-0.39, 0.29) is 11.8 Å². The molecule has 1 fully saturated rings. The highest BCUT2D eigenvalue weighted by molar-refractivity contribution is 6.30. The topological polar surface area (TPSA) is 66.4 Å². The second-order valence-electron chi connectivity index (χ2n) is 7.21. The quantitative estimate of drug-likeness (QED) is 0.745. The van der Waals surface area contributed by atoms with Crippen molar-refractivity contribution in [1.82, 2.24) is 14.9 Å². The number of rotatable bonds is 4. The van der Waals surface area contributed by atoms with Crippen molar-refractivity contribution in [2.24, 2.45) is 5.92 Å². The van der Waals surface area contributed by atoms with Crippen molar-refractivity contribution < 1.29 is 9.59 Å². The molecule has 0 N–H and O–H groups in total. The number of fused-ring (bicyclic) bond motifs is 1. The van der Waals surface area contributed by atoms with Crippen LogP contribution in [0, 0.1) is 5.92 Å². The Kier molecular flexibility index (Phi) is 5.13. The molecule has 2 aliphatic rings. The Morgan fingerprint density at radius 1 is 1.25 bits per heavy atom. The van der Waals surface area contributed by atoms with E-state index < -0.39 is 0 Å². The minimum Gasteiger partial charge on any atom is -0.338 e. The number of carbonyl (C=O) groups excluding carboxylic acids is 2. The number of hydrogen-bond acceptors (Lipinski definition) is 4. The largest absolute Gasteiger partial charge is 0.338 e. The van der Waals surface area contributed by atoms with Gasteiger partial charge in [0.15, 0.2) is 0 Å². The normalized spacial score (nSPS) is 18.2. The highest BCUT2D eigenvalue weighted by Crippen LogP contribution is 2.30. The van der Waals surface area contributed by atoms with Gasteiger partial charge >= 0.3 is 0 Å². The van der Waals surface area contributed by atoms with E-state index in [1.807, 2.05) is 23.1 Å². The van der Waals surface area contributed by atoms with Crippen LogP contribution in [-0.2, 0) is 17.6 Å². The van der Waals surface area contributed by atoms with Crippen molar-refractivity contribution in [3.05, 3.63) is 65.2 Å². The molecule has 3 heterocycles. The summed E-state index contributed by atoms with van der Waals surface area (Å²) < 4.78 is 0. The second-order valence-corrected chi connectivity index (χ2v) is 7.65. The van der Waals surface area contributed by atoms with Gasteiger partial charge < -0.3 is 9.80 Å². The van der Waals surface area contributed by atoms with Crippen molar-refractivity contribution in [2.75, 3.05) is 24.5 Å². The average molecular weight is 397 g/mol. The van der Waals surface area contributed by atoms with Gasteiger partial charge in [0, 0.05) is 49.7 Å². The Morgan fingerprint density at radius 2 is 2.04 bits per heavy atom. The maximum absolute atomic E-state index is 12.9. The van der Waals surface area contributed by atoms with E-state index >= 15 is 0 Å². The Hall–Kier alpha value is -2.73. The van der Waals surface area contributed by atoms with E-state index in [1.165, 1.54) is 6.08 Å². The standard InChI is InChI=1S/C21H21ClN4O2/c1-2-20(27)26-8-6-15-10-16(3-4-18(15)26)21(28)25-7-5-14(13-25)9-19-23-11-17(22)12-24-19/h2-4,10-12,14H,1,5-9,13H2/t14-/m0/s1. The molecule has 1 aromatic carbocycles. The molecule has 7 heteroatoms. The maximum atomic E-state index is 12.9. The molecule has 0 bridgehead atoms. The van der Waals surface area contributed by atoms with Crippen LogP contribution in [0.25, 0.3) is 0 Å². The zero-order valence-electron chi connectivity index (χ0n) is 15.5. The number of anilines is 1. The summed E-state index contributed by atoms with van der Waals surface area (Å²) >= 11 is 5.83. The Labute approximate surface area is 168 Å². The first kappa shape index (κ1) is 18.6. The minimum atomic E-state index is -0.107. The summed E-state index contributed by atoms with van der Waals surface area (Å²) in [7, 11) is 0. The van der Waals surface area contributed by atoms with Crippen LogP contribution >= 0.6 is 11.6 Å². The SMILES string of the molecule is C=CC(=O)N1CCc2cc(C(=O)N3CC[C@@H](Cc4ncc(Cl)cn4)C3)ccc21. The lowest BCUT2D eigenvalue weighted by Gasteiger charge is -2.18. The highest BCUT2D eigenvalue weighted by atomic mass is 35.5. The third-order valence-corrected chi connectivity index (χ3v) is 5.58. The molecule has 0 saturated carbocycles. The summed E-state index contributed by atoms with van der Waals surface area (Å²) in [6.07, 6.45) is 6.96. The monoisotopic (exact) mass is 396 g/mol. The van der Waals surface area contributed by atoms with Gasteiger partial charge in [0.2, 0.25) is 5.91 Å². The fourth-order valence-corrected chi connectivity index (χ4v) is 4.04. The van der Waals surface area contributed by atoms with Gasteiger partial charge in [-0.1, -0.05) is 18.2 Å². The number of hydrogen-bond donors (Lipinski definition) is 0. The lowest BCUT2D eigenvalue weighted by Crippen LogP contribution is -2.29. The van der Waals surface area contributed by atoms with E-state index in [9.17, 15) is 9.59 Å². The molecule has 1 aromatic heterocycles. The van der Waals surface area contributed by atoms with Gasteiger partial charge in [-0.25, -0.2) is 9.97 Å². The van der Waals surface area contributed by atoms with Crippen LogP contribution in [0.5, 0.6) is 0 Å². The lowest BCUT2D eigenvalue weighted by atomic mass is 10.0. The van der Waals surface area contributed by atoms with E-state index in [2.05, 4.69) is 16.5 Å². The van der Waals surface area contributed by atoms with Crippen molar-refractivity contribution in [3.8, 4) is 0 Å². The molecule has 0 spiro atoms. The number of nitrogens with zero attached hydrogens (tertiary/aromatic N) is 4. The summed E-state index contributed by atoms with van der Waals surface area (Å²) in [4.78, 5) is 37.0. The number of halogens is 1. The molecule has 2 aromatic rings. The van der Waals surface area contributed by atoms with Crippen molar-refractivity contribution in [3.63, 3.8) is 0 Å². The lowest BCUT2D eigenvalue weighted by molar-refractivity contribution is -0.114. The molecule has 0 unspecified atom stereocenters. The minimum absolute atomic E-state index is 0.0378. The summed E-state index contributed by atoms with van der Waals surface area (Å²) in [5.41, 5.74) is 2.59. The van der Waals surface area contributed by atoms with Crippen LogP contribution in [0.1, 0.15) is 28.2 Å². The van der Waals surface area contributed by atoms with Gasteiger partial charge in [0.1, 0.15) is 5.82 Å². The van der Waals surface area contributed by atoms with Crippen molar-refractivity contribution >= 4 is 29.1 Å². The van der Waals surface area contributed by atoms with Crippen LogP contribution in [0.3, 0.4) is 0 Å². The zero-order chi connectivity index (χ0) is 19.7. The van der Waals surface area contributed by atoms with Gasteiger partial charge in [-0.2, -0.15) is 0 Å². The van der Waals surface area contributed by atoms with Gasteiger partial charge in [0.05, 0.1) is 5.02 Å². The first-order chi connectivity index (χ1) is 13.5. The Bertz CT molecular complexity index is 929. The number of benzene rings is 1. The molecule has 144 valence electrons. The van der Waals surface area contributed by atoms with E-state index in [0.717, 1.165) is 42.9 Å². The third kappa shape index (κ3) is 3.64. The Morgan fingerprint density at radius 3 is 2.79 bits per heavy atom. The summed E-state index contributed by atoms with van der Waals surface area (Å²) in [5.74, 6) is 1.04. The molecular weight excluding hydrogens is 376 g/mol. The molecule has 28 heavy (non-hydrogen) atoms. The van der Waals surface area contributed by atoms with Gasteiger partial charge in [-0.05, 0) is 48.6 Å². The Balaban J connectivity index is 1.42. The molecule has 0 aliphatic carbocycles. The molecule has 6 nitrogen and oxygen atoms in total. The van der Waals surface area contributed by atoms with Crippen molar-refractivity contribution in [1.29, 1.82) is 0 Å². The predicted octanol–water partition coefficient (Wildman–Crippen LogP) is 2.91. The zero-order valence-corrected chi connectivity index (χ0v) is 16.2. The smallest absolute Gasteiger partial charge is 0.253 e. The number of carbonyl (C=O) groups is 2. The van der Waals surface area contributed by atoms with E-state index in [4.69, 9.17) is 11.6 Å². The van der Waals surface area contributed by atoms with Crippen LogP contribution in [0.4, 0.5) is 5.69 Å². The molecule has 4 rings (SSSR count). The van der Waals surface area contributed by atoms with Crippen LogP contribution in [0.2, 0.25) is 5.02 Å². The maximum Gasteiger partial charge on any atom is 0.253 e. The second kappa shape index (κ2) is 7.72. The predicted molar refractivity (Wildman–Crippen MR) is 107 cm³/mol. The molecule has 2 aliphatic heterocycles. The fourth-order valence-electron chi connectivity index (χ4n) is 3.94. The molecule has 0 radical (unpaired) electrons.